The number of hydrogen-bond acceptors (Lipinski definition) is 5. The molecule has 0 radical (unpaired) electrons. The van der Waals surface area contributed by atoms with Gasteiger partial charge in [-0.2, -0.15) is 0 Å². The molecule has 0 fully saturated rings. The van der Waals surface area contributed by atoms with E-state index in [0.717, 1.165) is 15.3 Å². The second-order valence-corrected chi connectivity index (χ2v) is 6.67. The van der Waals surface area contributed by atoms with Crippen molar-refractivity contribution in [2.75, 3.05) is 12.8 Å². The summed E-state index contributed by atoms with van der Waals surface area (Å²) in [4.78, 5) is 30.4. The van der Waals surface area contributed by atoms with Crippen molar-refractivity contribution in [1.29, 1.82) is 0 Å². The summed E-state index contributed by atoms with van der Waals surface area (Å²) in [6.45, 7) is 7.98. The first kappa shape index (κ1) is 15.8. The second kappa shape index (κ2) is 6.44. The fourth-order valence-corrected chi connectivity index (χ4v) is 3.86. The largest absolute Gasteiger partial charge is 0.358 e. The molecule has 0 atom stereocenters. The van der Waals surface area contributed by atoms with Gasteiger partial charge in [-0.15, -0.1) is 17.9 Å². The minimum atomic E-state index is -0.0990. The third-order valence-electron chi connectivity index (χ3n) is 3.18. The Balaban J connectivity index is 2.57. The molecule has 7 heteroatoms. The highest BCUT2D eigenvalue weighted by atomic mass is 32.2. The molecule has 0 aromatic carbocycles. The van der Waals surface area contributed by atoms with Crippen molar-refractivity contribution >= 4 is 39.2 Å². The average Bonchev–Trinajstić information content (AvgIpc) is 2.75. The summed E-state index contributed by atoms with van der Waals surface area (Å²) in [5.41, 5.74) is 0.911. The number of thiophene rings is 1. The third-order valence-corrected chi connectivity index (χ3v) is 5.25. The first-order valence-corrected chi connectivity index (χ1v) is 8.24. The summed E-state index contributed by atoms with van der Waals surface area (Å²) in [5.74, 6) is 0.132. The number of aryl methyl sites for hydroxylation is 2. The van der Waals surface area contributed by atoms with E-state index in [1.165, 1.54) is 23.1 Å². The molecule has 0 spiro atoms. The zero-order chi connectivity index (χ0) is 15.6. The van der Waals surface area contributed by atoms with Gasteiger partial charge in [0, 0.05) is 18.5 Å². The molecule has 112 valence electrons. The van der Waals surface area contributed by atoms with Crippen LogP contribution in [0.15, 0.2) is 22.6 Å². The van der Waals surface area contributed by atoms with Crippen LogP contribution in [-0.4, -0.2) is 28.3 Å². The van der Waals surface area contributed by atoms with E-state index in [0.29, 0.717) is 17.1 Å². The number of fused-ring (bicyclic) bond motifs is 1. The first-order chi connectivity index (χ1) is 9.99. The maximum atomic E-state index is 12.7. The van der Waals surface area contributed by atoms with E-state index >= 15 is 0 Å². The lowest BCUT2D eigenvalue weighted by molar-refractivity contribution is -0.118. The van der Waals surface area contributed by atoms with Crippen LogP contribution in [0.2, 0.25) is 0 Å². The lowest BCUT2D eigenvalue weighted by Crippen LogP contribution is -2.24. The van der Waals surface area contributed by atoms with Gasteiger partial charge in [-0.3, -0.25) is 14.2 Å². The minimum Gasteiger partial charge on any atom is -0.358 e. The van der Waals surface area contributed by atoms with Crippen LogP contribution in [0.1, 0.15) is 10.4 Å². The van der Waals surface area contributed by atoms with Crippen molar-refractivity contribution in [3.63, 3.8) is 0 Å². The zero-order valence-electron chi connectivity index (χ0n) is 12.2. The van der Waals surface area contributed by atoms with Crippen molar-refractivity contribution in [2.24, 2.45) is 0 Å². The quantitative estimate of drug-likeness (QED) is 0.520. The Bertz CT molecular complexity index is 762. The number of hydrogen-bond donors (Lipinski definition) is 1. The standard InChI is InChI=1S/C14H17N3O2S2/c1-5-6-17-13(19)11-8(2)9(3)21-12(11)16-14(17)20-7-10(18)15-4/h5H,1,6-7H2,2-4H3,(H,15,18). The first-order valence-electron chi connectivity index (χ1n) is 6.44. The molecular weight excluding hydrogens is 306 g/mol. The van der Waals surface area contributed by atoms with E-state index in [4.69, 9.17) is 0 Å². The van der Waals surface area contributed by atoms with Gasteiger partial charge in [-0.25, -0.2) is 4.98 Å². The number of thioether (sulfide) groups is 1. The van der Waals surface area contributed by atoms with E-state index in [1.54, 1.807) is 17.7 Å². The third kappa shape index (κ3) is 3.03. The molecule has 5 nitrogen and oxygen atoms in total. The SMILES string of the molecule is C=CCn1c(SCC(=O)NC)nc2sc(C)c(C)c2c1=O. The molecule has 0 aliphatic carbocycles. The van der Waals surface area contributed by atoms with E-state index in [9.17, 15) is 9.59 Å². The van der Waals surface area contributed by atoms with Crippen LogP contribution in [0.5, 0.6) is 0 Å². The van der Waals surface area contributed by atoms with Gasteiger partial charge in [-0.1, -0.05) is 17.8 Å². The second-order valence-electron chi connectivity index (χ2n) is 4.52. The van der Waals surface area contributed by atoms with Crippen molar-refractivity contribution in [2.45, 2.75) is 25.5 Å². The summed E-state index contributed by atoms with van der Waals surface area (Å²) >= 11 is 2.77. The molecule has 0 aliphatic heterocycles. The molecule has 0 bridgehead atoms. The molecule has 0 saturated carbocycles. The average molecular weight is 323 g/mol. The van der Waals surface area contributed by atoms with Gasteiger partial charge < -0.3 is 5.32 Å². The molecule has 0 aliphatic rings. The predicted molar refractivity (Wildman–Crippen MR) is 88.3 cm³/mol. The summed E-state index contributed by atoms with van der Waals surface area (Å²) in [5, 5.41) is 3.78. The summed E-state index contributed by atoms with van der Waals surface area (Å²) in [7, 11) is 1.59. The van der Waals surface area contributed by atoms with Gasteiger partial charge in [0.15, 0.2) is 5.16 Å². The molecular formula is C14H17N3O2S2. The van der Waals surface area contributed by atoms with Gasteiger partial charge in [0.25, 0.3) is 5.56 Å². The summed E-state index contributed by atoms with van der Waals surface area (Å²) in [6, 6.07) is 0. The monoisotopic (exact) mass is 323 g/mol. The Morgan fingerprint density at radius 1 is 1.52 bits per heavy atom. The number of carbonyl (C=O) groups excluding carboxylic acids is 1. The fourth-order valence-electron chi connectivity index (χ4n) is 1.91. The number of rotatable bonds is 5. The Morgan fingerprint density at radius 3 is 2.86 bits per heavy atom. The maximum absolute atomic E-state index is 12.7. The van der Waals surface area contributed by atoms with Crippen molar-refractivity contribution < 1.29 is 4.79 Å². The Kier molecular flexibility index (Phi) is 4.84. The molecule has 1 amide bonds. The summed E-state index contributed by atoms with van der Waals surface area (Å²) in [6.07, 6.45) is 1.66. The van der Waals surface area contributed by atoms with Crippen molar-refractivity contribution in [3.8, 4) is 0 Å². The van der Waals surface area contributed by atoms with E-state index in [-0.39, 0.29) is 17.2 Å². The molecule has 2 aromatic heterocycles. The van der Waals surface area contributed by atoms with E-state index < -0.39 is 0 Å². The molecule has 2 heterocycles. The molecule has 2 aromatic rings. The van der Waals surface area contributed by atoms with Gasteiger partial charge >= 0.3 is 0 Å². The van der Waals surface area contributed by atoms with Crippen LogP contribution < -0.4 is 10.9 Å². The number of amides is 1. The zero-order valence-corrected chi connectivity index (χ0v) is 13.9. The van der Waals surface area contributed by atoms with Gasteiger partial charge in [-0.05, 0) is 19.4 Å². The predicted octanol–water partition coefficient (Wildman–Crippen LogP) is 2.10. The Hall–Kier alpha value is -1.60. The van der Waals surface area contributed by atoms with Gasteiger partial charge in [0.2, 0.25) is 5.91 Å². The molecule has 0 unspecified atom stereocenters. The van der Waals surface area contributed by atoms with Gasteiger partial charge in [0.05, 0.1) is 11.1 Å². The minimum absolute atomic E-state index is 0.0684. The van der Waals surface area contributed by atoms with Crippen LogP contribution >= 0.6 is 23.1 Å². The highest BCUT2D eigenvalue weighted by molar-refractivity contribution is 7.99. The number of nitrogens with one attached hydrogen (secondary N) is 1. The highest BCUT2D eigenvalue weighted by Gasteiger charge is 2.16. The Labute approximate surface area is 131 Å². The lowest BCUT2D eigenvalue weighted by Gasteiger charge is -2.09. The molecule has 0 saturated heterocycles. The molecule has 21 heavy (non-hydrogen) atoms. The van der Waals surface area contributed by atoms with Gasteiger partial charge in [0.1, 0.15) is 4.83 Å². The lowest BCUT2D eigenvalue weighted by atomic mass is 10.2. The number of aromatic nitrogens is 2. The topological polar surface area (TPSA) is 64.0 Å². The smallest absolute Gasteiger partial charge is 0.263 e. The molecule has 1 N–H and O–H groups in total. The van der Waals surface area contributed by atoms with E-state index in [2.05, 4.69) is 16.9 Å². The molecule has 2 rings (SSSR count). The number of carbonyl (C=O) groups is 1. The van der Waals surface area contributed by atoms with Crippen LogP contribution in [-0.2, 0) is 11.3 Å². The van der Waals surface area contributed by atoms with Crippen LogP contribution in [0.4, 0.5) is 0 Å². The normalized spacial score (nSPS) is 10.8. The summed E-state index contributed by atoms with van der Waals surface area (Å²) < 4.78 is 1.57. The van der Waals surface area contributed by atoms with Crippen molar-refractivity contribution in [3.05, 3.63) is 33.4 Å². The Morgan fingerprint density at radius 2 is 2.24 bits per heavy atom. The number of nitrogens with zero attached hydrogens (tertiary/aromatic N) is 2. The maximum Gasteiger partial charge on any atom is 0.263 e. The highest BCUT2D eigenvalue weighted by Crippen LogP contribution is 2.28. The van der Waals surface area contributed by atoms with E-state index in [1.807, 2.05) is 13.8 Å². The van der Waals surface area contributed by atoms with Crippen molar-refractivity contribution in [1.82, 2.24) is 14.9 Å². The van der Waals surface area contributed by atoms with Crippen LogP contribution in [0.3, 0.4) is 0 Å². The fraction of sp³-hybridized carbons (Fsp3) is 0.357. The van der Waals surface area contributed by atoms with Crippen LogP contribution in [0.25, 0.3) is 10.2 Å². The van der Waals surface area contributed by atoms with Crippen LogP contribution in [0, 0.1) is 13.8 Å². The number of allylic oxidation sites excluding steroid dienone is 1.